The highest BCUT2D eigenvalue weighted by molar-refractivity contribution is 6.40. The number of allylic oxidation sites excluding steroid dienone is 1. The van der Waals surface area contributed by atoms with E-state index in [1.165, 1.54) is 0 Å². The molecule has 136 valence electrons. The van der Waals surface area contributed by atoms with E-state index in [0.717, 1.165) is 24.0 Å². The molecule has 0 bridgehead atoms. The highest BCUT2D eigenvalue weighted by atomic mass is 35.5. The number of hydrogen-bond acceptors (Lipinski definition) is 3. The smallest absolute Gasteiger partial charge is 0.158 e. The predicted octanol–water partition coefficient (Wildman–Crippen LogP) is 6.23. The van der Waals surface area contributed by atoms with Gasteiger partial charge in [-0.2, -0.15) is 0 Å². The molecule has 0 aromatic heterocycles. The number of rotatable bonds is 7. The molecule has 1 aliphatic rings. The Morgan fingerprint density at radius 2 is 1.85 bits per heavy atom. The third-order valence-corrected chi connectivity index (χ3v) is 4.84. The lowest BCUT2D eigenvalue weighted by atomic mass is 10.1. The maximum atomic E-state index is 11.8. The summed E-state index contributed by atoms with van der Waals surface area (Å²) in [6.07, 6.45) is 5.43. The first-order valence-electron chi connectivity index (χ1n) is 8.14. The molecule has 0 heterocycles. The van der Waals surface area contributed by atoms with E-state index in [4.69, 9.17) is 44.3 Å². The molecular formula is C20H17Cl3O3. The average molecular weight is 412 g/mol. The van der Waals surface area contributed by atoms with Crippen LogP contribution >= 0.6 is 34.8 Å². The molecule has 0 amide bonds. The number of benzene rings is 2. The second-order valence-corrected chi connectivity index (χ2v) is 7.32. The molecule has 0 saturated heterocycles. The Morgan fingerprint density at radius 1 is 1.15 bits per heavy atom. The van der Waals surface area contributed by atoms with Crippen molar-refractivity contribution in [2.45, 2.75) is 19.4 Å². The van der Waals surface area contributed by atoms with E-state index in [9.17, 15) is 4.79 Å². The first-order valence-corrected chi connectivity index (χ1v) is 9.27. The van der Waals surface area contributed by atoms with Gasteiger partial charge in [-0.1, -0.05) is 46.9 Å². The van der Waals surface area contributed by atoms with Gasteiger partial charge in [0, 0.05) is 16.5 Å². The van der Waals surface area contributed by atoms with Crippen molar-refractivity contribution < 1.29 is 14.3 Å². The molecule has 0 N–H and O–H groups in total. The van der Waals surface area contributed by atoms with Gasteiger partial charge in [0.05, 0.1) is 17.2 Å². The van der Waals surface area contributed by atoms with E-state index in [-0.39, 0.29) is 18.3 Å². The first kappa shape index (κ1) is 19.1. The number of ether oxygens (including phenoxy) is 2. The van der Waals surface area contributed by atoms with Gasteiger partial charge < -0.3 is 9.47 Å². The van der Waals surface area contributed by atoms with Crippen LogP contribution in [-0.4, -0.2) is 12.9 Å². The molecule has 0 radical (unpaired) electrons. The highest BCUT2D eigenvalue weighted by Gasteiger charge is 2.27. The zero-order chi connectivity index (χ0) is 18.7. The van der Waals surface area contributed by atoms with E-state index in [1.807, 2.05) is 24.3 Å². The molecular weight excluding hydrogens is 395 g/mol. The van der Waals surface area contributed by atoms with Gasteiger partial charge in [-0.25, -0.2) is 0 Å². The number of ketones is 1. The lowest BCUT2D eigenvalue weighted by Gasteiger charge is -2.13. The third-order valence-electron chi connectivity index (χ3n) is 4.06. The molecule has 1 fully saturated rings. The maximum Gasteiger partial charge on any atom is 0.158 e. The molecule has 0 atom stereocenters. The predicted molar refractivity (Wildman–Crippen MR) is 106 cm³/mol. The molecule has 0 spiro atoms. The van der Waals surface area contributed by atoms with Crippen molar-refractivity contribution in [2.24, 2.45) is 5.92 Å². The summed E-state index contributed by atoms with van der Waals surface area (Å²) in [5.74, 6) is 1.43. The lowest BCUT2D eigenvalue weighted by Crippen LogP contribution is -2.00. The molecule has 26 heavy (non-hydrogen) atoms. The van der Waals surface area contributed by atoms with Gasteiger partial charge in [-0.15, -0.1) is 0 Å². The fraction of sp³-hybridized carbons (Fsp3) is 0.250. The number of carbonyl (C=O) groups is 1. The van der Waals surface area contributed by atoms with Crippen molar-refractivity contribution in [3.8, 4) is 11.5 Å². The third kappa shape index (κ3) is 4.73. The summed E-state index contributed by atoms with van der Waals surface area (Å²) < 4.78 is 11.2. The summed E-state index contributed by atoms with van der Waals surface area (Å²) in [6.45, 7) is 0.211. The van der Waals surface area contributed by atoms with Gasteiger partial charge in [0.15, 0.2) is 11.5 Å². The summed E-state index contributed by atoms with van der Waals surface area (Å²) in [7, 11) is 1.59. The Hall–Kier alpha value is -1.68. The van der Waals surface area contributed by atoms with Gasteiger partial charge in [0.1, 0.15) is 12.4 Å². The standard InChI is InChI=1S/C20H17Cl3O3/c1-25-19-7-3-12(2-6-18(24)13-4-5-13)8-14(19)11-26-20-16(22)9-15(21)10-17(20)23/h2-3,6-10,13H,4-5,11H2,1H3/b6-2+. The van der Waals surface area contributed by atoms with Crippen molar-refractivity contribution >= 4 is 46.7 Å². The number of hydrogen-bond donors (Lipinski definition) is 0. The van der Waals surface area contributed by atoms with E-state index in [1.54, 1.807) is 25.3 Å². The molecule has 0 unspecified atom stereocenters. The summed E-state index contributed by atoms with van der Waals surface area (Å²) in [5.41, 5.74) is 1.71. The van der Waals surface area contributed by atoms with Crippen LogP contribution in [0.4, 0.5) is 0 Å². The molecule has 3 rings (SSSR count). The van der Waals surface area contributed by atoms with Crippen LogP contribution in [0.2, 0.25) is 15.1 Å². The van der Waals surface area contributed by atoms with Crippen LogP contribution in [0.25, 0.3) is 6.08 Å². The van der Waals surface area contributed by atoms with Crippen LogP contribution in [0.3, 0.4) is 0 Å². The minimum absolute atomic E-state index is 0.179. The van der Waals surface area contributed by atoms with Crippen molar-refractivity contribution in [1.29, 1.82) is 0 Å². The summed E-state index contributed by atoms with van der Waals surface area (Å²) in [4.78, 5) is 11.8. The molecule has 1 saturated carbocycles. The quantitative estimate of drug-likeness (QED) is 0.507. The van der Waals surface area contributed by atoms with Crippen LogP contribution < -0.4 is 9.47 Å². The average Bonchev–Trinajstić information content (AvgIpc) is 3.44. The molecule has 6 heteroatoms. The van der Waals surface area contributed by atoms with Crippen LogP contribution in [0.5, 0.6) is 11.5 Å². The van der Waals surface area contributed by atoms with Crippen molar-refractivity contribution in [2.75, 3.05) is 7.11 Å². The zero-order valence-electron chi connectivity index (χ0n) is 14.1. The number of methoxy groups -OCH3 is 1. The van der Waals surface area contributed by atoms with E-state index in [0.29, 0.717) is 26.6 Å². The first-order chi connectivity index (χ1) is 12.5. The lowest BCUT2D eigenvalue weighted by molar-refractivity contribution is -0.115. The molecule has 2 aromatic carbocycles. The molecule has 1 aliphatic carbocycles. The monoisotopic (exact) mass is 410 g/mol. The normalized spacial score (nSPS) is 13.8. The highest BCUT2D eigenvalue weighted by Crippen LogP contribution is 2.37. The van der Waals surface area contributed by atoms with E-state index < -0.39 is 0 Å². The van der Waals surface area contributed by atoms with Crippen molar-refractivity contribution in [3.05, 3.63) is 62.6 Å². The SMILES string of the molecule is COc1ccc(/C=C/C(=O)C2CC2)cc1COc1c(Cl)cc(Cl)cc1Cl. The van der Waals surface area contributed by atoms with Crippen LogP contribution in [0.15, 0.2) is 36.4 Å². The fourth-order valence-electron chi connectivity index (χ4n) is 2.51. The van der Waals surface area contributed by atoms with E-state index >= 15 is 0 Å². The molecule has 3 nitrogen and oxygen atoms in total. The van der Waals surface area contributed by atoms with Crippen LogP contribution in [0.1, 0.15) is 24.0 Å². The second-order valence-electron chi connectivity index (χ2n) is 6.07. The second kappa shape index (κ2) is 8.34. The fourth-order valence-corrected chi connectivity index (χ4v) is 3.44. The maximum absolute atomic E-state index is 11.8. The Morgan fingerprint density at radius 3 is 2.46 bits per heavy atom. The Kier molecular flexibility index (Phi) is 6.13. The molecule has 0 aliphatic heterocycles. The Labute approximate surface area is 167 Å². The van der Waals surface area contributed by atoms with E-state index in [2.05, 4.69) is 0 Å². The summed E-state index contributed by atoms with van der Waals surface area (Å²) >= 11 is 18.2. The Bertz CT molecular complexity index is 834. The zero-order valence-corrected chi connectivity index (χ0v) is 16.4. The Balaban J connectivity index is 1.77. The van der Waals surface area contributed by atoms with Gasteiger partial charge in [-0.05, 0) is 48.7 Å². The minimum Gasteiger partial charge on any atom is -0.496 e. The van der Waals surface area contributed by atoms with Crippen molar-refractivity contribution in [3.63, 3.8) is 0 Å². The van der Waals surface area contributed by atoms with Gasteiger partial charge in [-0.3, -0.25) is 4.79 Å². The van der Waals surface area contributed by atoms with Gasteiger partial charge in [0.2, 0.25) is 0 Å². The number of halogens is 3. The van der Waals surface area contributed by atoms with Crippen LogP contribution in [0, 0.1) is 5.92 Å². The van der Waals surface area contributed by atoms with Gasteiger partial charge >= 0.3 is 0 Å². The summed E-state index contributed by atoms with van der Waals surface area (Å²) in [5, 5.41) is 1.12. The minimum atomic E-state index is 0.179. The summed E-state index contributed by atoms with van der Waals surface area (Å²) in [6, 6.07) is 8.79. The van der Waals surface area contributed by atoms with Gasteiger partial charge in [0.25, 0.3) is 0 Å². The van der Waals surface area contributed by atoms with Crippen LogP contribution in [-0.2, 0) is 11.4 Å². The number of carbonyl (C=O) groups excluding carboxylic acids is 1. The van der Waals surface area contributed by atoms with Crippen molar-refractivity contribution in [1.82, 2.24) is 0 Å². The largest absolute Gasteiger partial charge is 0.496 e. The topological polar surface area (TPSA) is 35.5 Å². The molecule has 2 aromatic rings.